The van der Waals surface area contributed by atoms with Gasteiger partial charge in [-0.05, 0) is 30.3 Å². The Morgan fingerprint density at radius 1 is 1.12 bits per heavy atom. The predicted molar refractivity (Wildman–Crippen MR) is 99.5 cm³/mol. The van der Waals surface area contributed by atoms with E-state index in [2.05, 4.69) is 10.2 Å². The molecule has 0 unspecified atom stereocenters. The van der Waals surface area contributed by atoms with Crippen LogP contribution in [0.1, 0.15) is 0 Å². The number of halogens is 1. The molecule has 0 aliphatic carbocycles. The number of ether oxygens (including phenoxy) is 2. The molecule has 1 fully saturated rings. The van der Waals surface area contributed by atoms with E-state index in [4.69, 9.17) is 9.47 Å². The molecular formula is C17H18ClN3O5. The van der Waals surface area contributed by atoms with Crippen molar-refractivity contribution in [3.63, 3.8) is 0 Å². The zero-order valence-corrected chi connectivity index (χ0v) is 14.6. The Morgan fingerprint density at radius 2 is 1.77 bits per heavy atom. The fourth-order valence-corrected chi connectivity index (χ4v) is 2.51. The summed E-state index contributed by atoms with van der Waals surface area (Å²) in [5.41, 5.74) is 1.32. The summed E-state index contributed by atoms with van der Waals surface area (Å²) in [6.07, 6.45) is -0.784. The van der Waals surface area contributed by atoms with Crippen LogP contribution in [0.5, 0.6) is 5.75 Å². The number of nitro groups is 1. The van der Waals surface area contributed by atoms with Crippen LogP contribution in [-0.4, -0.2) is 37.3 Å². The second-order valence-electron chi connectivity index (χ2n) is 5.39. The molecule has 1 aliphatic heterocycles. The van der Waals surface area contributed by atoms with Crippen molar-refractivity contribution in [3.8, 4) is 5.75 Å². The molecule has 0 atom stereocenters. The highest BCUT2D eigenvalue weighted by Crippen LogP contribution is 2.26. The van der Waals surface area contributed by atoms with Gasteiger partial charge in [-0.25, -0.2) is 4.79 Å². The molecule has 3 rings (SSSR count). The van der Waals surface area contributed by atoms with Gasteiger partial charge >= 0.3 is 11.8 Å². The number of rotatable bonds is 4. The molecule has 138 valence electrons. The normalized spacial score (nSPS) is 13.5. The molecule has 0 radical (unpaired) electrons. The largest absolute Gasteiger partial charge is 0.417 e. The lowest BCUT2D eigenvalue weighted by atomic mass is 10.2. The Kier molecular flexibility index (Phi) is 6.76. The fraction of sp³-hybridized carbons (Fsp3) is 0.235. The van der Waals surface area contributed by atoms with Crippen LogP contribution >= 0.6 is 12.4 Å². The Labute approximate surface area is 156 Å². The summed E-state index contributed by atoms with van der Waals surface area (Å²) in [6, 6.07) is 13.0. The van der Waals surface area contributed by atoms with Gasteiger partial charge in [0.2, 0.25) is 5.75 Å². The topological polar surface area (TPSA) is 93.9 Å². The Hall–Kier alpha value is -2.84. The van der Waals surface area contributed by atoms with Crippen molar-refractivity contribution in [2.75, 3.05) is 36.5 Å². The Bertz CT molecular complexity index is 763. The molecule has 0 bridgehead atoms. The van der Waals surface area contributed by atoms with Gasteiger partial charge in [0.1, 0.15) is 0 Å². The summed E-state index contributed by atoms with van der Waals surface area (Å²) >= 11 is 0. The number of hydrogen-bond donors (Lipinski definition) is 1. The Balaban J connectivity index is 0.00000243. The van der Waals surface area contributed by atoms with E-state index < -0.39 is 11.0 Å². The zero-order chi connectivity index (χ0) is 17.6. The molecular weight excluding hydrogens is 362 g/mol. The van der Waals surface area contributed by atoms with Gasteiger partial charge in [-0.15, -0.1) is 12.4 Å². The number of benzene rings is 2. The second kappa shape index (κ2) is 9.02. The molecule has 0 aromatic heterocycles. The molecule has 8 nitrogen and oxygen atoms in total. The van der Waals surface area contributed by atoms with Crippen molar-refractivity contribution in [1.29, 1.82) is 0 Å². The van der Waals surface area contributed by atoms with Gasteiger partial charge in [0.05, 0.1) is 18.1 Å². The number of carbonyl (C=O) groups excluding carboxylic acids is 1. The third kappa shape index (κ3) is 4.84. The number of morpholine rings is 1. The summed E-state index contributed by atoms with van der Waals surface area (Å²) < 4.78 is 10.4. The number of nitrogens with one attached hydrogen (secondary N) is 1. The van der Waals surface area contributed by atoms with Gasteiger partial charge < -0.3 is 14.4 Å². The maximum atomic E-state index is 12.0. The number of carbonyl (C=O) groups is 1. The average Bonchev–Trinajstić information content (AvgIpc) is 2.63. The zero-order valence-electron chi connectivity index (χ0n) is 13.8. The van der Waals surface area contributed by atoms with Crippen LogP contribution in [0.25, 0.3) is 0 Å². The molecule has 2 aromatic carbocycles. The van der Waals surface area contributed by atoms with Gasteiger partial charge in [-0.2, -0.15) is 0 Å². The smallest absolute Gasteiger partial charge is 0.403 e. The van der Waals surface area contributed by atoms with E-state index in [0.717, 1.165) is 18.8 Å². The highest BCUT2D eigenvalue weighted by molar-refractivity contribution is 5.87. The maximum absolute atomic E-state index is 12.0. The molecule has 1 amide bonds. The van der Waals surface area contributed by atoms with Crippen LogP contribution in [0, 0.1) is 10.1 Å². The average molecular weight is 380 g/mol. The van der Waals surface area contributed by atoms with Gasteiger partial charge in [-0.1, -0.05) is 12.1 Å². The molecule has 0 saturated carbocycles. The predicted octanol–water partition coefficient (Wildman–Crippen LogP) is 3.46. The fourth-order valence-electron chi connectivity index (χ4n) is 2.51. The van der Waals surface area contributed by atoms with Gasteiger partial charge in [0.25, 0.3) is 0 Å². The van der Waals surface area contributed by atoms with Crippen LogP contribution in [0.3, 0.4) is 0 Å². The first kappa shape index (κ1) is 19.5. The van der Waals surface area contributed by atoms with Crippen molar-refractivity contribution < 1.29 is 19.2 Å². The third-order valence-electron chi connectivity index (χ3n) is 3.75. The summed E-state index contributed by atoms with van der Waals surface area (Å²) in [7, 11) is 0. The van der Waals surface area contributed by atoms with Crippen LogP contribution in [0.2, 0.25) is 0 Å². The van der Waals surface area contributed by atoms with Gasteiger partial charge in [0, 0.05) is 30.5 Å². The number of nitrogens with zero attached hydrogens (tertiary/aromatic N) is 2. The van der Waals surface area contributed by atoms with Crippen molar-refractivity contribution in [2.45, 2.75) is 0 Å². The molecule has 1 heterocycles. The monoisotopic (exact) mass is 379 g/mol. The van der Waals surface area contributed by atoms with Crippen LogP contribution in [0.4, 0.5) is 21.9 Å². The summed E-state index contributed by atoms with van der Waals surface area (Å²) in [5, 5.41) is 13.5. The number of nitro benzene ring substituents is 1. The van der Waals surface area contributed by atoms with E-state index >= 15 is 0 Å². The molecule has 1 saturated heterocycles. The lowest BCUT2D eigenvalue weighted by molar-refractivity contribution is -0.385. The highest BCUT2D eigenvalue weighted by Gasteiger charge is 2.17. The SMILES string of the molecule is Cl.O=C(Nc1ccc(N2CCOCC2)cc1)Oc1ccccc1[N+](=O)[O-]. The molecule has 1 N–H and O–H groups in total. The van der Waals surface area contributed by atoms with Crippen molar-refractivity contribution in [2.24, 2.45) is 0 Å². The van der Waals surface area contributed by atoms with Crippen LogP contribution in [-0.2, 0) is 4.74 Å². The number of anilines is 2. The first-order chi connectivity index (χ1) is 12.1. The van der Waals surface area contributed by atoms with E-state index in [1.54, 1.807) is 18.2 Å². The van der Waals surface area contributed by atoms with Gasteiger partial charge in [0.15, 0.2) is 0 Å². The van der Waals surface area contributed by atoms with E-state index in [1.807, 2.05) is 12.1 Å². The minimum Gasteiger partial charge on any atom is -0.403 e. The lowest BCUT2D eigenvalue weighted by Crippen LogP contribution is -2.36. The third-order valence-corrected chi connectivity index (χ3v) is 3.75. The van der Waals surface area contributed by atoms with Crippen molar-refractivity contribution in [3.05, 3.63) is 58.6 Å². The number of hydrogen-bond acceptors (Lipinski definition) is 6. The minimum absolute atomic E-state index is 0. The van der Waals surface area contributed by atoms with E-state index in [1.165, 1.54) is 18.2 Å². The first-order valence-corrected chi connectivity index (χ1v) is 7.78. The quantitative estimate of drug-likeness (QED) is 0.645. The number of amides is 1. The maximum Gasteiger partial charge on any atom is 0.417 e. The van der Waals surface area contributed by atoms with E-state index in [9.17, 15) is 14.9 Å². The second-order valence-corrected chi connectivity index (χ2v) is 5.39. The minimum atomic E-state index is -0.784. The first-order valence-electron chi connectivity index (χ1n) is 7.78. The Morgan fingerprint density at radius 3 is 2.42 bits per heavy atom. The molecule has 1 aliphatic rings. The van der Waals surface area contributed by atoms with Crippen LogP contribution in [0.15, 0.2) is 48.5 Å². The van der Waals surface area contributed by atoms with Gasteiger partial charge in [-0.3, -0.25) is 15.4 Å². The standard InChI is InChI=1S/C17H17N3O5.ClH/c21-17(25-16-4-2-1-3-15(16)20(22)23)18-13-5-7-14(8-6-13)19-9-11-24-12-10-19;/h1-8H,9-12H2,(H,18,21);1H. The van der Waals surface area contributed by atoms with Crippen LogP contribution < -0.4 is 15.0 Å². The lowest BCUT2D eigenvalue weighted by Gasteiger charge is -2.28. The molecule has 0 spiro atoms. The molecule has 2 aromatic rings. The summed E-state index contributed by atoms with van der Waals surface area (Å²) in [4.78, 5) is 24.5. The van der Waals surface area contributed by atoms with E-state index in [0.29, 0.717) is 18.9 Å². The van der Waals surface area contributed by atoms with Crippen molar-refractivity contribution in [1.82, 2.24) is 0 Å². The van der Waals surface area contributed by atoms with E-state index in [-0.39, 0.29) is 23.8 Å². The summed E-state index contributed by atoms with van der Waals surface area (Å²) in [6.45, 7) is 3.04. The highest BCUT2D eigenvalue weighted by atomic mass is 35.5. The molecule has 26 heavy (non-hydrogen) atoms. The van der Waals surface area contributed by atoms with Crippen molar-refractivity contribution >= 4 is 35.6 Å². The summed E-state index contributed by atoms with van der Waals surface area (Å²) in [5.74, 6) is -0.102. The molecule has 9 heteroatoms. The number of para-hydroxylation sites is 2.